The Kier molecular flexibility index (Phi) is 6.16. The number of benzene rings is 1. The summed E-state index contributed by atoms with van der Waals surface area (Å²) < 4.78 is 29.5. The van der Waals surface area contributed by atoms with Crippen molar-refractivity contribution in [2.45, 2.75) is 18.5 Å². The van der Waals surface area contributed by atoms with Crippen molar-refractivity contribution in [1.82, 2.24) is 15.1 Å². The van der Waals surface area contributed by atoms with Crippen LogP contribution in [0.1, 0.15) is 5.56 Å². The number of sulfone groups is 1. The number of urea groups is 1. The number of methoxy groups -OCH3 is 1. The second-order valence-electron chi connectivity index (χ2n) is 6.90. The summed E-state index contributed by atoms with van der Waals surface area (Å²) in [5, 5.41) is 2.95. The van der Waals surface area contributed by atoms with Gasteiger partial charge in [-0.05, 0) is 12.0 Å². The maximum atomic E-state index is 12.6. The van der Waals surface area contributed by atoms with Crippen molar-refractivity contribution >= 4 is 15.9 Å². The Hall–Kier alpha value is -1.64. The van der Waals surface area contributed by atoms with Crippen LogP contribution in [0.2, 0.25) is 0 Å². The SMILES string of the molecule is COCCN1CCN(C(=O)NCCc2ccccc2)[C@H]2CS(=O)(=O)C[C@H]21. The van der Waals surface area contributed by atoms with E-state index in [1.165, 1.54) is 5.56 Å². The summed E-state index contributed by atoms with van der Waals surface area (Å²) in [7, 11) is -1.48. The number of ether oxygens (including phenoxy) is 1. The zero-order valence-electron chi connectivity index (χ0n) is 15.1. The van der Waals surface area contributed by atoms with Crippen molar-refractivity contribution in [3.63, 3.8) is 0 Å². The monoisotopic (exact) mass is 381 g/mol. The Morgan fingerprint density at radius 2 is 1.92 bits per heavy atom. The molecular weight excluding hydrogens is 354 g/mol. The predicted octanol–water partition coefficient (Wildman–Crippen LogP) is 0.368. The highest BCUT2D eigenvalue weighted by atomic mass is 32.2. The van der Waals surface area contributed by atoms with E-state index in [0.717, 1.165) is 6.42 Å². The molecule has 2 aliphatic heterocycles. The van der Waals surface area contributed by atoms with E-state index >= 15 is 0 Å². The van der Waals surface area contributed by atoms with E-state index < -0.39 is 9.84 Å². The van der Waals surface area contributed by atoms with E-state index in [1.54, 1.807) is 12.0 Å². The molecule has 7 nitrogen and oxygen atoms in total. The lowest BCUT2D eigenvalue weighted by Gasteiger charge is -2.43. The lowest BCUT2D eigenvalue weighted by Crippen LogP contribution is -2.62. The zero-order chi connectivity index (χ0) is 18.6. The van der Waals surface area contributed by atoms with Gasteiger partial charge in [0, 0.05) is 39.3 Å². The van der Waals surface area contributed by atoms with E-state index in [-0.39, 0.29) is 29.6 Å². The van der Waals surface area contributed by atoms with Crippen LogP contribution in [-0.4, -0.2) is 87.7 Å². The van der Waals surface area contributed by atoms with Gasteiger partial charge in [-0.3, -0.25) is 4.90 Å². The first-order chi connectivity index (χ1) is 12.5. The van der Waals surface area contributed by atoms with Gasteiger partial charge in [-0.25, -0.2) is 13.2 Å². The highest BCUT2D eigenvalue weighted by molar-refractivity contribution is 7.91. The number of nitrogens with one attached hydrogen (secondary N) is 1. The molecule has 0 aliphatic carbocycles. The van der Waals surface area contributed by atoms with E-state index in [4.69, 9.17) is 4.74 Å². The first-order valence-electron chi connectivity index (χ1n) is 9.02. The minimum Gasteiger partial charge on any atom is -0.383 e. The molecule has 3 rings (SSSR count). The van der Waals surface area contributed by atoms with Gasteiger partial charge in [-0.2, -0.15) is 0 Å². The average Bonchev–Trinajstić information content (AvgIpc) is 2.95. The summed E-state index contributed by atoms with van der Waals surface area (Å²) in [4.78, 5) is 16.5. The topological polar surface area (TPSA) is 79.0 Å². The van der Waals surface area contributed by atoms with Crippen molar-refractivity contribution in [3.05, 3.63) is 35.9 Å². The van der Waals surface area contributed by atoms with Crippen LogP contribution in [0.15, 0.2) is 30.3 Å². The van der Waals surface area contributed by atoms with Crippen LogP contribution in [-0.2, 0) is 21.0 Å². The normalized spacial score (nSPS) is 25.0. The van der Waals surface area contributed by atoms with Crippen LogP contribution in [0.3, 0.4) is 0 Å². The van der Waals surface area contributed by atoms with Gasteiger partial charge in [0.2, 0.25) is 0 Å². The molecule has 2 heterocycles. The quantitative estimate of drug-likeness (QED) is 0.770. The third-order valence-corrected chi connectivity index (χ3v) is 6.87. The number of nitrogens with zero attached hydrogens (tertiary/aromatic N) is 2. The van der Waals surface area contributed by atoms with E-state index in [1.807, 2.05) is 30.3 Å². The second-order valence-corrected chi connectivity index (χ2v) is 9.06. The molecule has 0 radical (unpaired) electrons. The molecule has 2 amide bonds. The van der Waals surface area contributed by atoms with Crippen molar-refractivity contribution in [2.75, 3.05) is 51.4 Å². The standard InChI is InChI=1S/C18H27N3O4S/c1-25-12-11-20-9-10-21(17-14-26(23,24)13-16(17)20)18(22)19-8-7-15-5-3-2-4-6-15/h2-6,16-17H,7-14H2,1H3,(H,19,22)/t16-,17+/m1/s1. The van der Waals surface area contributed by atoms with Crippen LogP contribution in [0.4, 0.5) is 4.79 Å². The third kappa shape index (κ3) is 4.55. The van der Waals surface area contributed by atoms with Crippen LogP contribution in [0.25, 0.3) is 0 Å². The van der Waals surface area contributed by atoms with Gasteiger partial charge < -0.3 is 15.0 Å². The number of fused-ring (bicyclic) bond motifs is 1. The molecule has 0 unspecified atom stereocenters. The van der Waals surface area contributed by atoms with Gasteiger partial charge in [0.15, 0.2) is 9.84 Å². The lowest BCUT2D eigenvalue weighted by atomic mass is 10.1. The Balaban J connectivity index is 1.59. The van der Waals surface area contributed by atoms with Crippen molar-refractivity contribution in [3.8, 4) is 0 Å². The van der Waals surface area contributed by atoms with Gasteiger partial charge >= 0.3 is 6.03 Å². The predicted molar refractivity (Wildman–Crippen MR) is 99.9 cm³/mol. The highest BCUT2D eigenvalue weighted by Crippen LogP contribution is 2.26. The summed E-state index contributed by atoms with van der Waals surface area (Å²) in [6.07, 6.45) is 0.757. The summed E-state index contributed by atoms with van der Waals surface area (Å²) >= 11 is 0. The lowest BCUT2D eigenvalue weighted by molar-refractivity contribution is 0.0467. The average molecular weight is 381 g/mol. The fourth-order valence-corrected chi connectivity index (χ4v) is 5.83. The molecule has 26 heavy (non-hydrogen) atoms. The zero-order valence-corrected chi connectivity index (χ0v) is 16.0. The maximum Gasteiger partial charge on any atom is 0.317 e. The van der Waals surface area contributed by atoms with Crippen LogP contribution >= 0.6 is 0 Å². The molecular formula is C18H27N3O4S. The summed E-state index contributed by atoms with van der Waals surface area (Å²) in [6.45, 7) is 3.00. The van der Waals surface area contributed by atoms with Gasteiger partial charge in [0.05, 0.1) is 24.2 Å². The minimum atomic E-state index is -3.12. The number of hydrogen-bond acceptors (Lipinski definition) is 5. The largest absolute Gasteiger partial charge is 0.383 e. The second kappa shape index (κ2) is 8.37. The number of carbonyl (C=O) groups is 1. The minimum absolute atomic E-state index is 0.0489. The molecule has 8 heteroatoms. The molecule has 0 spiro atoms. The van der Waals surface area contributed by atoms with Gasteiger partial charge in [0.25, 0.3) is 0 Å². The Morgan fingerprint density at radius 3 is 2.65 bits per heavy atom. The third-order valence-electron chi connectivity index (χ3n) is 5.17. The van der Waals surface area contributed by atoms with Crippen molar-refractivity contribution in [2.24, 2.45) is 0 Å². The molecule has 1 N–H and O–H groups in total. The number of carbonyl (C=O) groups excluding carboxylic acids is 1. The Morgan fingerprint density at radius 1 is 1.19 bits per heavy atom. The molecule has 2 aliphatic rings. The van der Waals surface area contributed by atoms with Crippen LogP contribution < -0.4 is 5.32 Å². The first-order valence-corrected chi connectivity index (χ1v) is 10.8. The fraction of sp³-hybridized carbons (Fsp3) is 0.611. The van der Waals surface area contributed by atoms with Crippen molar-refractivity contribution in [1.29, 1.82) is 0 Å². The van der Waals surface area contributed by atoms with Crippen LogP contribution in [0, 0.1) is 0 Å². The fourth-order valence-electron chi connectivity index (χ4n) is 3.82. The molecule has 2 atom stereocenters. The summed E-state index contributed by atoms with van der Waals surface area (Å²) in [6, 6.07) is 9.40. The first kappa shape index (κ1) is 19.1. The Bertz CT molecular complexity index is 710. The molecule has 0 aromatic heterocycles. The molecule has 1 aromatic carbocycles. The van der Waals surface area contributed by atoms with Gasteiger partial charge in [-0.1, -0.05) is 30.3 Å². The van der Waals surface area contributed by atoms with Gasteiger partial charge in [-0.15, -0.1) is 0 Å². The molecule has 1 aromatic rings. The maximum absolute atomic E-state index is 12.6. The molecule has 144 valence electrons. The van der Waals surface area contributed by atoms with E-state index in [0.29, 0.717) is 32.8 Å². The van der Waals surface area contributed by atoms with Crippen LogP contribution in [0.5, 0.6) is 0 Å². The van der Waals surface area contributed by atoms with E-state index in [9.17, 15) is 13.2 Å². The van der Waals surface area contributed by atoms with E-state index in [2.05, 4.69) is 10.2 Å². The smallest absolute Gasteiger partial charge is 0.317 e. The molecule has 2 saturated heterocycles. The highest BCUT2D eigenvalue weighted by Gasteiger charge is 2.47. The van der Waals surface area contributed by atoms with Gasteiger partial charge in [0.1, 0.15) is 0 Å². The molecule has 0 saturated carbocycles. The summed E-state index contributed by atoms with van der Waals surface area (Å²) in [5.41, 5.74) is 1.17. The van der Waals surface area contributed by atoms with Crippen molar-refractivity contribution < 1.29 is 17.9 Å². The number of hydrogen-bond donors (Lipinski definition) is 1. The number of rotatable bonds is 6. The molecule has 2 fully saturated rings. The number of amides is 2. The summed E-state index contributed by atoms with van der Waals surface area (Å²) in [5.74, 6) is 0.169. The number of piperazine rings is 1. The Labute approximate surface area is 155 Å². The molecule has 0 bridgehead atoms.